The average molecular weight is 239 g/mol. The second-order valence-corrected chi connectivity index (χ2v) is 5.96. The summed E-state index contributed by atoms with van der Waals surface area (Å²) in [6.07, 6.45) is 4.95. The van der Waals surface area contributed by atoms with Crippen molar-refractivity contribution in [1.82, 2.24) is 4.98 Å². The summed E-state index contributed by atoms with van der Waals surface area (Å²) in [6, 6.07) is 0. The van der Waals surface area contributed by atoms with E-state index in [0.717, 1.165) is 16.7 Å². The van der Waals surface area contributed by atoms with Crippen molar-refractivity contribution in [2.45, 2.75) is 45.1 Å². The van der Waals surface area contributed by atoms with Crippen LogP contribution < -0.4 is 11.1 Å². The van der Waals surface area contributed by atoms with E-state index in [0.29, 0.717) is 6.54 Å². The maximum absolute atomic E-state index is 5.97. The Morgan fingerprint density at radius 3 is 3.06 bits per heavy atom. The molecule has 0 radical (unpaired) electrons. The number of rotatable bonds is 3. The van der Waals surface area contributed by atoms with Gasteiger partial charge in [-0.15, -0.1) is 11.3 Å². The van der Waals surface area contributed by atoms with E-state index in [1.165, 1.54) is 25.7 Å². The average Bonchev–Trinajstić information content (AvgIpc) is 2.64. The number of nitrogens with two attached hydrogens (primary N) is 1. The van der Waals surface area contributed by atoms with Gasteiger partial charge in [0.05, 0.1) is 11.2 Å². The van der Waals surface area contributed by atoms with Gasteiger partial charge in [0, 0.05) is 11.9 Å². The van der Waals surface area contributed by atoms with E-state index in [4.69, 9.17) is 5.73 Å². The molecule has 1 heterocycles. The summed E-state index contributed by atoms with van der Waals surface area (Å²) >= 11 is 1.68. The quantitative estimate of drug-likeness (QED) is 0.852. The molecule has 16 heavy (non-hydrogen) atoms. The Morgan fingerprint density at radius 1 is 1.69 bits per heavy atom. The van der Waals surface area contributed by atoms with Crippen LogP contribution in [0.2, 0.25) is 0 Å². The molecule has 3 nitrogen and oxygen atoms in total. The van der Waals surface area contributed by atoms with E-state index in [1.807, 2.05) is 6.92 Å². The van der Waals surface area contributed by atoms with Crippen LogP contribution >= 0.6 is 11.3 Å². The van der Waals surface area contributed by atoms with Crippen molar-refractivity contribution >= 4 is 16.5 Å². The highest BCUT2D eigenvalue weighted by Crippen LogP contribution is 2.34. The second kappa shape index (κ2) is 4.72. The number of aromatic nitrogens is 1. The predicted molar refractivity (Wildman–Crippen MR) is 69.9 cm³/mol. The standard InChI is InChI=1S/C12H21N3S/c1-9-4-3-5-12(6-9,8-13)15-11-14-10(2)7-16-11/h7,9H,3-6,8,13H2,1-2H3,(H,14,15). The maximum Gasteiger partial charge on any atom is 0.183 e. The number of thiazole rings is 1. The molecular formula is C12H21N3S. The minimum atomic E-state index is 0.0853. The van der Waals surface area contributed by atoms with Crippen LogP contribution in [-0.2, 0) is 0 Å². The third-order valence-electron chi connectivity index (χ3n) is 3.47. The third-order valence-corrected chi connectivity index (χ3v) is 4.35. The molecular weight excluding hydrogens is 218 g/mol. The number of hydrogen-bond acceptors (Lipinski definition) is 4. The lowest BCUT2D eigenvalue weighted by Gasteiger charge is -2.39. The van der Waals surface area contributed by atoms with Crippen LogP contribution in [0.3, 0.4) is 0 Å². The zero-order valence-corrected chi connectivity index (χ0v) is 10.9. The zero-order chi connectivity index (χ0) is 11.6. The van der Waals surface area contributed by atoms with E-state index in [-0.39, 0.29) is 5.54 Å². The van der Waals surface area contributed by atoms with Crippen molar-refractivity contribution in [2.24, 2.45) is 11.7 Å². The SMILES string of the molecule is Cc1csc(NC2(CN)CCCC(C)C2)n1. The Bertz CT molecular complexity index is 350. The van der Waals surface area contributed by atoms with E-state index < -0.39 is 0 Å². The summed E-state index contributed by atoms with van der Waals surface area (Å²) in [5, 5.41) is 6.68. The molecule has 2 atom stereocenters. The fraction of sp³-hybridized carbons (Fsp3) is 0.750. The van der Waals surface area contributed by atoms with Gasteiger partial charge in [-0.2, -0.15) is 0 Å². The molecule has 2 rings (SSSR count). The molecule has 1 saturated carbocycles. The summed E-state index contributed by atoms with van der Waals surface area (Å²) in [7, 11) is 0. The second-order valence-electron chi connectivity index (χ2n) is 5.11. The molecule has 1 fully saturated rings. The van der Waals surface area contributed by atoms with Crippen LogP contribution in [0, 0.1) is 12.8 Å². The maximum atomic E-state index is 5.97. The fourth-order valence-corrected chi connectivity index (χ4v) is 3.46. The Morgan fingerprint density at radius 2 is 2.50 bits per heavy atom. The zero-order valence-electron chi connectivity index (χ0n) is 10.1. The molecule has 3 N–H and O–H groups in total. The lowest BCUT2D eigenvalue weighted by molar-refractivity contribution is 0.264. The summed E-state index contributed by atoms with van der Waals surface area (Å²) in [6.45, 7) is 5.05. The smallest absolute Gasteiger partial charge is 0.183 e. The van der Waals surface area contributed by atoms with Gasteiger partial charge in [-0.25, -0.2) is 4.98 Å². The first-order chi connectivity index (χ1) is 7.63. The van der Waals surface area contributed by atoms with Gasteiger partial charge in [0.25, 0.3) is 0 Å². The lowest BCUT2D eigenvalue weighted by Crippen LogP contribution is -2.48. The fourth-order valence-electron chi connectivity index (χ4n) is 2.65. The van der Waals surface area contributed by atoms with Gasteiger partial charge in [-0.3, -0.25) is 0 Å². The Kier molecular flexibility index (Phi) is 3.50. The highest BCUT2D eigenvalue weighted by atomic mass is 32.1. The molecule has 4 heteroatoms. The molecule has 0 bridgehead atoms. The van der Waals surface area contributed by atoms with Crippen molar-refractivity contribution < 1.29 is 0 Å². The number of hydrogen-bond donors (Lipinski definition) is 2. The highest BCUT2D eigenvalue weighted by molar-refractivity contribution is 7.13. The third kappa shape index (κ3) is 2.55. The number of anilines is 1. The molecule has 1 aromatic heterocycles. The van der Waals surface area contributed by atoms with Gasteiger partial charge in [0.15, 0.2) is 5.13 Å². The van der Waals surface area contributed by atoms with E-state index in [9.17, 15) is 0 Å². The molecule has 2 unspecified atom stereocenters. The number of aryl methyl sites for hydroxylation is 1. The normalized spacial score (nSPS) is 30.3. The monoisotopic (exact) mass is 239 g/mol. The minimum absolute atomic E-state index is 0.0853. The van der Waals surface area contributed by atoms with Crippen LogP contribution in [0.4, 0.5) is 5.13 Å². The molecule has 0 spiro atoms. The largest absolute Gasteiger partial charge is 0.355 e. The van der Waals surface area contributed by atoms with Crippen molar-refractivity contribution in [1.29, 1.82) is 0 Å². The molecule has 1 aromatic rings. The Balaban J connectivity index is 2.09. The van der Waals surface area contributed by atoms with Crippen LogP contribution in [0.5, 0.6) is 0 Å². The molecule has 0 aromatic carbocycles. The van der Waals surface area contributed by atoms with Crippen LogP contribution in [-0.4, -0.2) is 17.1 Å². The molecule has 1 aliphatic rings. The van der Waals surface area contributed by atoms with E-state index >= 15 is 0 Å². The molecule has 90 valence electrons. The van der Waals surface area contributed by atoms with Gasteiger partial charge in [0.2, 0.25) is 0 Å². The summed E-state index contributed by atoms with van der Waals surface area (Å²) in [5.74, 6) is 0.769. The number of nitrogens with zero attached hydrogens (tertiary/aromatic N) is 1. The first-order valence-corrected chi connectivity index (χ1v) is 6.92. The van der Waals surface area contributed by atoms with Crippen LogP contribution in [0.15, 0.2) is 5.38 Å². The summed E-state index contributed by atoms with van der Waals surface area (Å²) < 4.78 is 0. The summed E-state index contributed by atoms with van der Waals surface area (Å²) in [5.41, 5.74) is 7.14. The van der Waals surface area contributed by atoms with Crippen molar-refractivity contribution in [3.05, 3.63) is 11.1 Å². The van der Waals surface area contributed by atoms with Gasteiger partial charge in [0.1, 0.15) is 0 Å². The molecule has 0 amide bonds. The summed E-state index contributed by atoms with van der Waals surface area (Å²) in [4.78, 5) is 4.47. The predicted octanol–water partition coefficient (Wildman–Crippen LogP) is 2.77. The first kappa shape index (κ1) is 11.9. The van der Waals surface area contributed by atoms with Gasteiger partial charge in [-0.05, 0) is 25.7 Å². The molecule has 0 saturated heterocycles. The van der Waals surface area contributed by atoms with Crippen molar-refractivity contribution in [3.8, 4) is 0 Å². The Hall–Kier alpha value is -0.610. The number of nitrogens with one attached hydrogen (secondary N) is 1. The van der Waals surface area contributed by atoms with Crippen LogP contribution in [0.1, 0.15) is 38.3 Å². The van der Waals surface area contributed by atoms with Gasteiger partial charge < -0.3 is 11.1 Å². The molecule has 0 aliphatic heterocycles. The van der Waals surface area contributed by atoms with Crippen molar-refractivity contribution in [3.63, 3.8) is 0 Å². The van der Waals surface area contributed by atoms with Crippen LogP contribution in [0.25, 0.3) is 0 Å². The topological polar surface area (TPSA) is 50.9 Å². The molecule has 1 aliphatic carbocycles. The first-order valence-electron chi connectivity index (χ1n) is 6.04. The lowest BCUT2D eigenvalue weighted by atomic mass is 9.76. The van der Waals surface area contributed by atoms with E-state index in [2.05, 4.69) is 22.6 Å². The minimum Gasteiger partial charge on any atom is -0.355 e. The van der Waals surface area contributed by atoms with Gasteiger partial charge >= 0.3 is 0 Å². The van der Waals surface area contributed by atoms with Crippen molar-refractivity contribution in [2.75, 3.05) is 11.9 Å². The highest BCUT2D eigenvalue weighted by Gasteiger charge is 2.34. The Labute approximate surface area is 101 Å². The van der Waals surface area contributed by atoms with Gasteiger partial charge in [-0.1, -0.05) is 19.8 Å². The van der Waals surface area contributed by atoms with E-state index in [1.54, 1.807) is 11.3 Å².